The van der Waals surface area contributed by atoms with Crippen molar-refractivity contribution in [3.8, 4) is 5.75 Å². The molecule has 0 saturated carbocycles. The van der Waals surface area contributed by atoms with Crippen molar-refractivity contribution in [2.75, 3.05) is 6.61 Å². The molecule has 1 aliphatic carbocycles. The molecule has 1 amide bonds. The monoisotopic (exact) mass is 334 g/mol. The van der Waals surface area contributed by atoms with Gasteiger partial charge in [-0.05, 0) is 50.1 Å². The van der Waals surface area contributed by atoms with Crippen LogP contribution in [0.25, 0.3) is 10.9 Å². The van der Waals surface area contributed by atoms with Crippen molar-refractivity contribution in [3.05, 3.63) is 64.8 Å². The first-order chi connectivity index (χ1) is 12.1. The molecule has 1 aromatic heterocycles. The number of nitrogens with one attached hydrogen (secondary N) is 2. The standard InChI is InChI=1S/C21H22N2O2/c1-13-3-6-16(7-4-13)25-12-21(24)22-15-10-18-17-9-14(2)5-8-19(17)23-20(18)11-15/h3-9,15,23H,10-12H2,1-2H3,(H,22,24). The Morgan fingerprint density at radius 1 is 1.12 bits per heavy atom. The molecule has 0 saturated heterocycles. The number of amides is 1. The van der Waals surface area contributed by atoms with Crippen LogP contribution < -0.4 is 10.1 Å². The minimum atomic E-state index is -0.0729. The Hall–Kier alpha value is -2.75. The average Bonchev–Trinajstić information content (AvgIpc) is 3.12. The van der Waals surface area contributed by atoms with Crippen molar-refractivity contribution in [2.45, 2.75) is 32.7 Å². The minimum absolute atomic E-state index is 0.0490. The van der Waals surface area contributed by atoms with Gasteiger partial charge in [0.1, 0.15) is 5.75 Å². The Morgan fingerprint density at radius 2 is 1.88 bits per heavy atom. The molecule has 2 aromatic carbocycles. The summed E-state index contributed by atoms with van der Waals surface area (Å²) in [5, 5.41) is 4.37. The topological polar surface area (TPSA) is 54.1 Å². The molecule has 25 heavy (non-hydrogen) atoms. The number of benzene rings is 2. The second-order valence-corrected chi connectivity index (χ2v) is 6.91. The molecule has 4 rings (SSSR count). The maximum Gasteiger partial charge on any atom is 0.258 e. The highest BCUT2D eigenvalue weighted by Gasteiger charge is 2.26. The first-order valence-electron chi connectivity index (χ1n) is 8.67. The fourth-order valence-electron chi connectivity index (χ4n) is 3.54. The smallest absolute Gasteiger partial charge is 0.258 e. The third-order valence-corrected chi connectivity index (χ3v) is 4.81. The predicted molar refractivity (Wildman–Crippen MR) is 99.0 cm³/mol. The normalized spacial score (nSPS) is 16.0. The Bertz CT molecular complexity index is 925. The van der Waals surface area contributed by atoms with Gasteiger partial charge in [-0.2, -0.15) is 0 Å². The van der Waals surface area contributed by atoms with Crippen LogP contribution in [0.2, 0.25) is 0 Å². The molecule has 0 bridgehead atoms. The number of aromatic nitrogens is 1. The molecule has 0 radical (unpaired) electrons. The number of fused-ring (bicyclic) bond motifs is 3. The average molecular weight is 334 g/mol. The van der Waals surface area contributed by atoms with Crippen LogP contribution in [0.5, 0.6) is 5.75 Å². The summed E-state index contributed by atoms with van der Waals surface area (Å²) in [5.74, 6) is 0.648. The van der Waals surface area contributed by atoms with Crippen LogP contribution in [0.4, 0.5) is 0 Å². The highest BCUT2D eigenvalue weighted by atomic mass is 16.5. The van der Waals surface area contributed by atoms with E-state index in [0.717, 1.165) is 18.6 Å². The molecule has 128 valence electrons. The van der Waals surface area contributed by atoms with Crippen molar-refractivity contribution in [1.29, 1.82) is 0 Å². The molecule has 0 aliphatic heterocycles. The van der Waals surface area contributed by atoms with Gasteiger partial charge >= 0.3 is 0 Å². The molecular formula is C21H22N2O2. The quantitative estimate of drug-likeness (QED) is 0.768. The van der Waals surface area contributed by atoms with Gasteiger partial charge in [-0.15, -0.1) is 0 Å². The molecule has 3 aromatic rings. The van der Waals surface area contributed by atoms with Crippen LogP contribution in [-0.4, -0.2) is 23.5 Å². The lowest BCUT2D eigenvalue weighted by Gasteiger charge is -2.13. The predicted octanol–water partition coefficient (Wildman–Crippen LogP) is 3.45. The highest BCUT2D eigenvalue weighted by Crippen LogP contribution is 2.30. The van der Waals surface area contributed by atoms with Crippen LogP contribution in [-0.2, 0) is 17.6 Å². The van der Waals surface area contributed by atoms with E-state index in [2.05, 4.69) is 35.4 Å². The van der Waals surface area contributed by atoms with Crippen LogP contribution in [0.15, 0.2) is 42.5 Å². The van der Waals surface area contributed by atoms with Crippen LogP contribution >= 0.6 is 0 Å². The molecule has 1 heterocycles. The first kappa shape index (κ1) is 15.8. The number of carbonyl (C=O) groups is 1. The largest absolute Gasteiger partial charge is 0.484 e. The summed E-state index contributed by atoms with van der Waals surface area (Å²) in [6.45, 7) is 4.18. The summed E-state index contributed by atoms with van der Waals surface area (Å²) in [6, 6.07) is 14.3. The van der Waals surface area contributed by atoms with Gasteiger partial charge in [0, 0.05) is 29.1 Å². The fraction of sp³-hybridized carbons (Fsp3) is 0.286. The van der Waals surface area contributed by atoms with Gasteiger partial charge in [-0.1, -0.05) is 29.3 Å². The highest BCUT2D eigenvalue weighted by molar-refractivity contribution is 5.86. The van der Waals surface area contributed by atoms with Gasteiger partial charge in [0.05, 0.1) is 0 Å². The summed E-state index contributed by atoms with van der Waals surface area (Å²) in [5.41, 5.74) is 6.19. The lowest BCUT2D eigenvalue weighted by molar-refractivity contribution is -0.123. The van der Waals surface area contributed by atoms with Gasteiger partial charge in [-0.25, -0.2) is 0 Å². The zero-order valence-corrected chi connectivity index (χ0v) is 14.6. The number of carbonyl (C=O) groups excluding carboxylic acids is 1. The van der Waals surface area contributed by atoms with Gasteiger partial charge in [0.15, 0.2) is 6.61 Å². The van der Waals surface area contributed by atoms with E-state index in [-0.39, 0.29) is 18.6 Å². The van der Waals surface area contributed by atoms with E-state index in [4.69, 9.17) is 4.74 Å². The number of aryl methyl sites for hydroxylation is 2. The van der Waals surface area contributed by atoms with Crippen molar-refractivity contribution in [3.63, 3.8) is 0 Å². The molecule has 0 spiro atoms. The summed E-state index contributed by atoms with van der Waals surface area (Å²) < 4.78 is 5.56. The molecule has 4 heteroatoms. The third kappa shape index (κ3) is 3.25. The second-order valence-electron chi connectivity index (χ2n) is 6.91. The number of rotatable bonds is 4. The van der Waals surface area contributed by atoms with Crippen molar-refractivity contribution in [2.24, 2.45) is 0 Å². The number of hydrogen-bond acceptors (Lipinski definition) is 2. The zero-order valence-electron chi connectivity index (χ0n) is 14.6. The minimum Gasteiger partial charge on any atom is -0.484 e. The third-order valence-electron chi connectivity index (χ3n) is 4.81. The van der Waals surface area contributed by atoms with Crippen molar-refractivity contribution >= 4 is 16.8 Å². The molecule has 0 fully saturated rings. The Kier molecular flexibility index (Phi) is 3.96. The van der Waals surface area contributed by atoms with Crippen molar-refractivity contribution < 1.29 is 9.53 Å². The molecule has 2 N–H and O–H groups in total. The first-order valence-corrected chi connectivity index (χ1v) is 8.67. The lowest BCUT2D eigenvalue weighted by Crippen LogP contribution is -2.38. The van der Waals surface area contributed by atoms with Crippen LogP contribution in [0.3, 0.4) is 0 Å². The number of hydrogen-bond donors (Lipinski definition) is 2. The number of aromatic amines is 1. The molecule has 1 aliphatic rings. The Balaban J connectivity index is 1.36. The van der Waals surface area contributed by atoms with Crippen LogP contribution in [0, 0.1) is 13.8 Å². The van der Waals surface area contributed by atoms with E-state index < -0.39 is 0 Å². The Morgan fingerprint density at radius 3 is 2.68 bits per heavy atom. The molecule has 1 atom stereocenters. The van der Waals surface area contributed by atoms with E-state index in [1.165, 1.54) is 33.3 Å². The number of H-pyrrole nitrogens is 1. The molecule has 1 unspecified atom stereocenters. The molecular weight excluding hydrogens is 312 g/mol. The fourth-order valence-corrected chi connectivity index (χ4v) is 3.54. The van der Waals surface area contributed by atoms with Gasteiger partial charge in [0.25, 0.3) is 5.91 Å². The van der Waals surface area contributed by atoms with Gasteiger partial charge in [-0.3, -0.25) is 4.79 Å². The zero-order chi connectivity index (χ0) is 17.4. The lowest BCUT2D eigenvalue weighted by atomic mass is 10.1. The van der Waals surface area contributed by atoms with Gasteiger partial charge < -0.3 is 15.0 Å². The Labute approximate surface area is 147 Å². The summed E-state index contributed by atoms with van der Waals surface area (Å²) in [6.07, 6.45) is 1.72. The van der Waals surface area contributed by atoms with Crippen LogP contribution in [0.1, 0.15) is 22.4 Å². The van der Waals surface area contributed by atoms with E-state index in [0.29, 0.717) is 0 Å². The summed E-state index contributed by atoms with van der Waals surface area (Å²) >= 11 is 0. The van der Waals surface area contributed by atoms with Gasteiger partial charge in [0.2, 0.25) is 0 Å². The summed E-state index contributed by atoms with van der Waals surface area (Å²) in [4.78, 5) is 15.7. The maximum absolute atomic E-state index is 12.2. The van der Waals surface area contributed by atoms with E-state index in [9.17, 15) is 4.79 Å². The number of ether oxygens (including phenoxy) is 1. The van der Waals surface area contributed by atoms with E-state index in [1.807, 2.05) is 31.2 Å². The maximum atomic E-state index is 12.2. The van der Waals surface area contributed by atoms with E-state index >= 15 is 0 Å². The van der Waals surface area contributed by atoms with E-state index in [1.54, 1.807) is 0 Å². The van der Waals surface area contributed by atoms with Crippen molar-refractivity contribution in [1.82, 2.24) is 10.3 Å². The molecule has 4 nitrogen and oxygen atoms in total. The second kappa shape index (κ2) is 6.28. The summed E-state index contributed by atoms with van der Waals surface area (Å²) in [7, 11) is 0. The SMILES string of the molecule is Cc1ccc(OCC(=O)NC2Cc3[nH]c4ccc(C)cc4c3C2)cc1.